The number of aromatic nitrogens is 1. The molecule has 0 spiro atoms. The van der Waals surface area contributed by atoms with Crippen molar-refractivity contribution in [2.75, 3.05) is 32.8 Å². The summed E-state index contributed by atoms with van der Waals surface area (Å²) in [5.74, 6) is 0.877. The fraction of sp³-hybridized carbons (Fsp3) is 0.333. The average molecular weight is 389 g/mol. The fourth-order valence-corrected chi connectivity index (χ4v) is 3.94. The van der Waals surface area contributed by atoms with Gasteiger partial charge in [0.25, 0.3) is 5.91 Å². The normalized spacial score (nSPS) is 14.9. The number of hydrogen-bond donors (Lipinski definition) is 0. The molecule has 4 rings (SSSR count). The molecule has 0 aliphatic carbocycles. The third kappa shape index (κ3) is 4.40. The Hall–Kier alpha value is -2.92. The summed E-state index contributed by atoms with van der Waals surface area (Å²) in [7, 11) is 0. The van der Waals surface area contributed by atoms with Crippen LogP contribution in [-0.2, 0) is 11.3 Å². The zero-order chi connectivity index (χ0) is 20.2. The number of benzene rings is 2. The number of fused-ring (bicyclic) bond motifs is 1. The van der Waals surface area contributed by atoms with Crippen molar-refractivity contribution in [1.29, 1.82) is 0 Å². The second-order valence-electron chi connectivity index (χ2n) is 7.66. The van der Waals surface area contributed by atoms with Crippen LogP contribution in [0.2, 0.25) is 0 Å². The van der Waals surface area contributed by atoms with Crippen LogP contribution in [0.1, 0.15) is 16.7 Å². The molecule has 3 aromatic rings. The van der Waals surface area contributed by atoms with E-state index in [1.165, 1.54) is 10.9 Å². The number of pyridine rings is 1. The van der Waals surface area contributed by atoms with E-state index in [0.717, 1.165) is 55.1 Å². The van der Waals surface area contributed by atoms with E-state index in [1.54, 1.807) is 0 Å². The van der Waals surface area contributed by atoms with Crippen molar-refractivity contribution in [3.05, 3.63) is 71.4 Å². The van der Waals surface area contributed by atoms with Gasteiger partial charge >= 0.3 is 0 Å². The highest BCUT2D eigenvalue weighted by atomic mass is 16.5. The third-order valence-electron chi connectivity index (χ3n) is 5.58. The molecule has 0 N–H and O–H groups in total. The zero-order valence-electron chi connectivity index (χ0n) is 17.1. The molecule has 2 heterocycles. The van der Waals surface area contributed by atoms with E-state index in [0.29, 0.717) is 0 Å². The van der Waals surface area contributed by atoms with Crippen LogP contribution in [0.3, 0.4) is 0 Å². The molecule has 1 aromatic heterocycles. The van der Waals surface area contributed by atoms with Crippen molar-refractivity contribution in [1.82, 2.24) is 14.8 Å². The molecule has 1 fully saturated rings. The molecule has 1 amide bonds. The van der Waals surface area contributed by atoms with Crippen LogP contribution >= 0.6 is 0 Å². The predicted molar refractivity (Wildman–Crippen MR) is 115 cm³/mol. The van der Waals surface area contributed by atoms with Crippen LogP contribution in [0, 0.1) is 13.8 Å². The van der Waals surface area contributed by atoms with Crippen LogP contribution in [0.15, 0.2) is 54.7 Å². The Morgan fingerprint density at radius 3 is 2.41 bits per heavy atom. The maximum absolute atomic E-state index is 12.6. The predicted octanol–water partition coefficient (Wildman–Crippen LogP) is 3.57. The van der Waals surface area contributed by atoms with Crippen molar-refractivity contribution in [2.45, 2.75) is 20.4 Å². The molecule has 1 aliphatic heterocycles. The van der Waals surface area contributed by atoms with Crippen molar-refractivity contribution >= 4 is 16.8 Å². The van der Waals surface area contributed by atoms with Gasteiger partial charge in [-0.15, -0.1) is 0 Å². The Labute approximate surface area is 171 Å². The molecule has 0 bridgehead atoms. The third-order valence-corrected chi connectivity index (χ3v) is 5.58. The van der Waals surface area contributed by atoms with Crippen LogP contribution in [-0.4, -0.2) is 53.5 Å². The number of aryl methyl sites for hydroxylation is 2. The fourth-order valence-electron chi connectivity index (χ4n) is 3.94. The Bertz CT molecular complexity index is 984. The van der Waals surface area contributed by atoms with Gasteiger partial charge < -0.3 is 9.64 Å². The maximum atomic E-state index is 12.6. The summed E-state index contributed by atoms with van der Waals surface area (Å²) in [4.78, 5) is 21.5. The van der Waals surface area contributed by atoms with Gasteiger partial charge in [-0.05, 0) is 36.6 Å². The molecule has 29 heavy (non-hydrogen) atoms. The Kier molecular flexibility index (Phi) is 5.76. The minimum absolute atomic E-state index is 0.0548. The van der Waals surface area contributed by atoms with E-state index < -0.39 is 0 Å². The van der Waals surface area contributed by atoms with E-state index in [1.807, 2.05) is 49.2 Å². The Morgan fingerprint density at radius 1 is 0.966 bits per heavy atom. The van der Waals surface area contributed by atoms with Gasteiger partial charge in [0, 0.05) is 44.3 Å². The lowest BCUT2D eigenvalue weighted by Crippen LogP contribution is -2.49. The van der Waals surface area contributed by atoms with Crippen molar-refractivity contribution in [3.63, 3.8) is 0 Å². The summed E-state index contributed by atoms with van der Waals surface area (Å²) >= 11 is 0. The quantitative estimate of drug-likeness (QED) is 0.669. The molecule has 0 unspecified atom stereocenters. The minimum atomic E-state index is 0.0548. The van der Waals surface area contributed by atoms with Gasteiger partial charge in [0.05, 0.1) is 5.52 Å². The molecule has 0 atom stereocenters. The lowest BCUT2D eigenvalue weighted by Gasteiger charge is -2.34. The van der Waals surface area contributed by atoms with Gasteiger partial charge in [-0.2, -0.15) is 0 Å². The highest BCUT2D eigenvalue weighted by Gasteiger charge is 2.22. The summed E-state index contributed by atoms with van der Waals surface area (Å²) in [6, 6.07) is 16.4. The molecule has 1 saturated heterocycles. The number of carbonyl (C=O) groups excluding carboxylic acids is 1. The molecule has 5 nitrogen and oxygen atoms in total. The van der Waals surface area contributed by atoms with Crippen LogP contribution in [0.25, 0.3) is 10.9 Å². The zero-order valence-corrected chi connectivity index (χ0v) is 17.1. The van der Waals surface area contributed by atoms with E-state index in [2.05, 4.69) is 34.1 Å². The van der Waals surface area contributed by atoms with Crippen LogP contribution in [0.4, 0.5) is 0 Å². The van der Waals surface area contributed by atoms with Crippen LogP contribution < -0.4 is 4.74 Å². The molecule has 150 valence electrons. The highest BCUT2D eigenvalue weighted by Crippen LogP contribution is 2.22. The Morgan fingerprint density at radius 2 is 1.66 bits per heavy atom. The van der Waals surface area contributed by atoms with Gasteiger partial charge in [0.1, 0.15) is 5.75 Å². The van der Waals surface area contributed by atoms with E-state index in [-0.39, 0.29) is 12.5 Å². The van der Waals surface area contributed by atoms with Crippen molar-refractivity contribution < 1.29 is 9.53 Å². The number of amides is 1. The second kappa shape index (κ2) is 8.62. The smallest absolute Gasteiger partial charge is 0.260 e. The molecular formula is C24H27N3O2. The van der Waals surface area contributed by atoms with Gasteiger partial charge in [0.15, 0.2) is 6.61 Å². The number of nitrogens with zero attached hydrogens (tertiary/aromatic N) is 3. The first-order valence-electron chi connectivity index (χ1n) is 10.1. The van der Waals surface area contributed by atoms with Crippen molar-refractivity contribution in [2.24, 2.45) is 0 Å². The van der Waals surface area contributed by atoms with Crippen molar-refractivity contribution in [3.8, 4) is 5.75 Å². The molecule has 0 saturated carbocycles. The van der Waals surface area contributed by atoms with E-state index >= 15 is 0 Å². The lowest BCUT2D eigenvalue weighted by molar-refractivity contribution is -0.135. The number of rotatable bonds is 5. The number of para-hydroxylation sites is 2. The lowest BCUT2D eigenvalue weighted by atomic mass is 10.1. The van der Waals surface area contributed by atoms with Gasteiger partial charge in [-0.1, -0.05) is 42.5 Å². The Balaban J connectivity index is 1.31. The van der Waals surface area contributed by atoms with Gasteiger partial charge in [0.2, 0.25) is 0 Å². The number of piperazine rings is 1. The summed E-state index contributed by atoms with van der Waals surface area (Å²) in [5, 5.41) is 1.17. The monoisotopic (exact) mass is 389 g/mol. The highest BCUT2D eigenvalue weighted by molar-refractivity contribution is 5.81. The number of ether oxygens (including phenoxy) is 1. The molecule has 1 aliphatic rings. The standard InChI is InChI=1S/C24H27N3O2/c1-18-6-3-7-19(2)24(18)29-17-22(28)27-14-12-26(13-15-27)16-21-9-4-8-20-10-5-11-25-23(20)21/h3-11H,12-17H2,1-2H3. The largest absolute Gasteiger partial charge is 0.483 e. The SMILES string of the molecule is Cc1cccc(C)c1OCC(=O)N1CCN(Cc2cccc3cccnc23)CC1. The molecule has 2 aromatic carbocycles. The molecule has 0 radical (unpaired) electrons. The number of hydrogen-bond acceptors (Lipinski definition) is 4. The summed E-state index contributed by atoms with van der Waals surface area (Å²) in [6.07, 6.45) is 1.85. The maximum Gasteiger partial charge on any atom is 0.260 e. The van der Waals surface area contributed by atoms with E-state index in [9.17, 15) is 4.79 Å². The van der Waals surface area contributed by atoms with Gasteiger partial charge in [-0.3, -0.25) is 14.7 Å². The number of carbonyl (C=O) groups is 1. The minimum Gasteiger partial charge on any atom is -0.483 e. The second-order valence-corrected chi connectivity index (χ2v) is 7.66. The first kappa shape index (κ1) is 19.4. The topological polar surface area (TPSA) is 45.7 Å². The summed E-state index contributed by atoms with van der Waals surface area (Å²) in [6.45, 7) is 8.15. The van der Waals surface area contributed by atoms with E-state index in [4.69, 9.17) is 4.74 Å². The summed E-state index contributed by atoms with van der Waals surface area (Å²) in [5.41, 5.74) is 4.43. The molecule has 5 heteroatoms. The van der Waals surface area contributed by atoms with Crippen LogP contribution in [0.5, 0.6) is 5.75 Å². The average Bonchev–Trinajstić information content (AvgIpc) is 2.74. The molecular weight excluding hydrogens is 362 g/mol. The first-order valence-corrected chi connectivity index (χ1v) is 10.1. The van der Waals surface area contributed by atoms with Gasteiger partial charge in [-0.25, -0.2) is 0 Å². The summed E-state index contributed by atoms with van der Waals surface area (Å²) < 4.78 is 5.84. The first-order chi connectivity index (χ1) is 14.1.